The molecule has 2 aliphatic heterocycles. The van der Waals surface area contributed by atoms with Crippen molar-refractivity contribution in [3.05, 3.63) is 34.4 Å². The summed E-state index contributed by atoms with van der Waals surface area (Å²) < 4.78 is 0. The second-order valence-electron chi connectivity index (χ2n) is 7.72. The van der Waals surface area contributed by atoms with Gasteiger partial charge in [-0.1, -0.05) is 31.5 Å². The molecule has 0 N–H and O–H groups in total. The van der Waals surface area contributed by atoms with Crippen molar-refractivity contribution >= 4 is 0 Å². The van der Waals surface area contributed by atoms with Crippen LogP contribution in [0.1, 0.15) is 55.9 Å². The summed E-state index contributed by atoms with van der Waals surface area (Å²) in [5.74, 6) is 1.47. The van der Waals surface area contributed by atoms with Gasteiger partial charge in [0.05, 0.1) is 0 Å². The van der Waals surface area contributed by atoms with E-state index in [-0.39, 0.29) is 0 Å². The Morgan fingerprint density at radius 1 is 1.05 bits per heavy atom. The topological polar surface area (TPSA) is 3.24 Å². The first-order valence-corrected chi connectivity index (χ1v) is 8.11. The average molecular weight is 271 g/mol. The summed E-state index contributed by atoms with van der Waals surface area (Å²) >= 11 is 0. The van der Waals surface area contributed by atoms with Crippen molar-refractivity contribution in [3.63, 3.8) is 0 Å². The molecule has 2 aliphatic rings. The Morgan fingerprint density at radius 2 is 1.70 bits per heavy atom. The largest absolute Gasteiger partial charge is 0.296 e. The molecule has 1 aromatic carbocycles. The summed E-state index contributed by atoms with van der Waals surface area (Å²) in [5.41, 5.74) is 6.43. The molecule has 6 unspecified atom stereocenters. The van der Waals surface area contributed by atoms with Gasteiger partial charge in [0.1, 0.15) is 0 Å². The SMILES string of the molecule is Cc1cc(C)c(C)c(C2C(C)N3CC2(C)C(C)C3C)c1. The van der Waals surface area contributed by atoms with Crippen molar-refractivity contribution in [2.24, 2.45) is 11.3 Å². The number of benzene rings is 1. The summed E-state index contributed by atoms with van der Waals surface area (Å²) in [6, 6.07) is 6.18. The van der Waals surface area contributed by atoms with Crippen molar-refractivity contribution < 1.29 is 0 Å². The maximum Gasteiger partial charge on any atom is 0.0145 e. The highest BCUT2D eigenvalue weighted by atomic mass is 15.3. The van der Waals surface area contributed by atoms with E-state index in [1.54, 1.807) is 5.56 Å². The van der Waals surface area contributed by atoms with Crippen LogP contribution in [0.4, 0.5) is 0 Å². The fourth-order valence-corrected chi connectivity index (χ4v) is 5.17. The highest BCUT2D eigenvalue weighted by Gasteiger charge is 2.59. The van der Waals surface area contributed by atoms with Gasteiger partial charge in [0, 0.05) is 24.5 Å². The van der Waals surface area contributed by atoms with E-state index in [9.17, 15) is 0 Å². The number of rotatable bonds is 1. The Morgan fingerprint density at radius 3 is 2.30 bits per heavy atom. The van der Waals surface area contributed by atoms with Crippen LogP contribution >= 0.6 is 0 Å². The molecular formula is C19H29N. The number of nitrogens with zero attached hydrogens (tertiary/aromatic N) is 1. The first kappa shape index (κ1) is 14.1. The number of aryl methyl sites for hydroxylation is 2. The van der Waals surface area contributed by atoms with Gasteiger partial charge in [-0.05, 0) is 62.6 Å². The standard InChI is InChI=1S/C19H29N/c1-11-8-12(2)13(3)17(9-11)18-16(6)20-10-19(18,7)14(4)15(20)5/h8-9,14-16,18H,10H2,1-7H3. The molecule has 2 fully saturated rings. The molecule has 1 nitrogen and oxygen atoms in total. The summed E-state index contributed by atoms with van der Waals surface area (Å²) in [6.45, 7) is 17.9. The van der Waals surface area contributed by atoms with E-state index in [0.29, 0.717) is 17.4 Å². The third-order valence-corrected chi connectivity index (χ3v) is 6.71. The minimum absolute atomic E-state index is 0.434. The summed E-state index contributed by atoms with van der Waals surface area (Å²) in [5, 5.41) is 0. The number of hydrogen-bond acceptors (Lipinski definition) is 1. The molecule has 1 heteroatoms. The van der Waals surface area contributed by atoms with Crippen molar-refractivity contribution in [1.82, 2.24) is 4.90 Å². The van der Waals surface area contributed by atoms with Gasteiger partial charge in [0.15, 0.2) is 0 Å². The van der Waals surface area contributed by atoms with Gasteiger partial charge < -0.3 is 0 Å². The smallest absolute Gasteiger partial charge is 0.0145 e. The van der Waals surface area contributed by atoms with Crippen LogP contribution in [-0.4, -0.2) is 23.5 Å². The van der Waals surface area contributed by atoms with Crippen LogP contribution in [0, 0.1) is 32.1 Å². The number of piperidine rings is 1. The van der Waals surface area contributed by atoms with Gasteiger partial charge in [-0.3, -0.25) is 4.90 Å². The molecule has 2 heterocycles. The minimum atomic E-state index is 0.434. The summed E-state index contributed by atoms with van der Waals surface area (Å²) in [4.78, 5) is 2.74. The summed E-state index contributed by atoms with van der Waals surface area (Å²) in [7, 11) is 0. The van der Waals surface area contributed by atoms with Gasteiger partial charge in [-0.25, -0.2) is 0 Å². The lowest BCUT2D eigenvalue weighted by Gasteiger charge is -2.44. The first-order chi connectivity index (χ1) is 9.27. The third kappa shape index (κ3) is 1.65. The Labute approximate surface area is 124 Å². The van der Waals surface area contributed by atoms with E-state index >= 15 is 0 Å². The second kappa shape index (κ2) is 4.34. The van der Waals surface area contributed by atoms with Crippen molar-refractivity contribution in [3.8, 4) is 0 Å². The van der Waals surface area contributed by atoms with Crippen LogP contribution in [-0.2, 0) is 0 Å². The lowest BCUT2D eigenvalue weighted by molar-refractivity contribution is 0.112. The van der Waals surface area contributed by atoms with E-state index in [1.165, 1.54) is 23.2 Å². The molecule has 0 aromatic heterocycles. The Balaban J connectivity index is 2.12. The highest BCUT2D eigenvalue weighted by Crippen LogP contribution is 2.59. The van der Waals surface area contributed by atoms with Crippen LogP contribution in [0.15, 0.2) is 12.1 Å². The van der Waals surface area contributed by atoms with Crippen LogP contribution in [0.2, 0.25) is 0 Å². The molecule has 0 amide bonds. The van der Waals surface area contributed by atoms with E-state index in [0.717, 1.165) is 12.0 Å². The molecule has 0 spiro atoms. The molecule has 0 aliphatic carbocycles. The van der Waals surface area contributed by atoms with E-state index < -0.39 is 0 Å². The Bertz CT molecular complexity index is 547. The molecular weight excluding hydrogens is 242 g/mol. The molecule has 20 heavy (non-hydrogen) atoms. The van der Waals surface area contributed by atoms with Crippen molar-refractivity contribution in [1.29, 1.82) is 0 Å². The lowest BCUT2D eigenvalue weighted by Crippen LogP contribution is -2.45. The number of hydrogen-bond donors (Lipinski definition) is 0. The van der Waals surface area contributed by atoms with Gasteiger partial charge in [0.25, 0.3) is 0 Å². The molecule has 2 saturated heterocycles. The maximum absolute atomic E-state index is 2.74. The quantitative estimate of drug-likeness (QED) is 0.729. The zero-order chi connectivity index (χ0) is 14.8. The molecule has 0 saturated carbocycles. The zero-order valence-corrected chi connectivity index (χ0v) is 14.1. The molecule has 110 valence electrons. The van der Waals surface area contributed by atoms with Gasteiger partial charge >= 0.3 is 0 Å². The number of fused-ring (bicyclic) bond motifs is 2. The molecule has 2 bridgehead atoms. The van der Waals surface area contributed by atoms with Gasteiger partial charge in [0.2, 0.25) is 0 Å². The summed E-state index contributed by atoms with van der Waals surface area (Å²) in [6.07, 6.45) is 0. The Kier molecular flexibility index (Phi) is 3.06. The van der Waals surface area contributed by atoms with Crippen molar-refractivity contribution in [2.45, 2.75) is 66.5 Å². The first-order valence-electron chi connectivity index (χ1n) is 8.11. The Hall–Kier alpha value is -0.820. The minimum Gasteiger partial charge on any atom is -0.296 e. The van der Waals surface area contributed by atoms with Crippen LogP contribution in [0.25, 0.3) is 0 Å². The fraction of sp³-hybridized carbons (Fsp3) is 0.684. The lowest BCUT2D eigenvalue weighted by atomic mass is 9.63. The van der Waals surface area contributed by atoms with Crippen LogP contribution < -0.4 is 0 Å². The normalized spacial score (nSPS) is 43.2. The molecule has 1 aromatic rings. The predicted octanol–water partition coefficient (Wildman–Crippen LogP) is 4.44. The highest BCUT2D eigenvalue weighted by molar-refractivity contribution is 5.42. The van der Waals surface area contributed by atoms with Gasteiger partial charge in [-0.2, -0.15) is 0 Å². The van der Waals surface area contributed by atoms with Gasteiger partial charge in [-0.15, -0.1) is 0 Å². The van der Waals surface area contributed by atoms with Crippen molar-refractivity contribution in [2.75, 3.05) is 6.54 Å². The third-order valence-electron chi connectivity index (χ3n) is 6.71. The van der Waals surface area contributed by atoms with Crippen LogP contribution in [0.3, 0.4) is 0 Å². The second-order valence-corrected chi connectivity index (χ2v) is 7.72. The van der Waals surface area contributed by atoms with E-state index in [2.05, 4.69) is 65.5 Å². The zero-order valence-electron chi connectivity index (χ0n) is 14.1. The molecule has 6 atom stereocenters. The van der Waals surface area contributed by atoms with Crippen LogP contribution in [0.5, 0.6) is 0 Å². The molecule has 0 radical (unpaired) electrons. The monoisotopic (exact) mass is 271 g/mol. The average Bonchev–Trinajstić information content (AvgIpc) is 2.76. The molecule has 3 rings (SSSR count). The fourth-order valence-electron chi connectivity index (χ4n) is 5.17. The predicted molar refractivity (Wildman–Crippen MR) is 86.3 cm³/mol. The maximum atomic E-state index is 2.74. The van der Waals surface area contributed by atoms with E-state index in [4.69, 9.17) is 0 Å². The van der Waals surface area contributed by atoms with E-state index in [1.807, 2.05) is 0 Å².